The highest BCUT2D eigenvalue weighted by Crippen LogP contribution is 2.46. The molecule has 0 rings (SSSR count). The van der Waals surface area contributed by atoms with E-state index in [-0.39, 0.29) is 82.9 Å². The molecule has 344 valence electrons. The van der Waals surface area contributed by atoms with Gasteiger partial charge in [-0.2, -0.15) is 8.42 Å². The molecule has 0 aliphatic heterocycles. The van der Waals surface area contributed by atoms with Crippen LogP contribution in [0.25, 0.3) is 0 Å². The summed E-state index contributed by atoms with van der Waals surface area (Å²) in [6, 6.07) is 0. The van der Waals surface area contributed by atoms with Crippen LogP contribution in [0.3, 0.4) is 0 Å². The van der Waals surface area contributed by atoms with E-state index in [4.69, 9.17) is 18.9 Å². The fourth-order valence-electron chi connectivity index (χ4n) is 7.07. The Bertz CT molecular complexity index is 1460. The second-order valence-corrected chi connectivity index (χ2v) is 18.6. The van der Waals surface area contributed by atoms with Crippen molar-refractivity contribution in [1.29, 1.82) is 0 Å². The van der Waals surface area contributed by atoms with Crippen LogP contribution in [0.1, 0.15) is 127 Å². The number of aliphatic hydroxyl groups is 1. The lowest BCUT2D eigenvalue weighted by Gasteiger charge is -2.40. The minimum Gasteiger partial charge on any atom is -0.465 e. The van der Waals surface area contributed by atoms with Gasteiger partial charge in [0.05, 0.1) is 54.5 Å². The third-order valence-corrected chi connectivity index (χ3v) is 11.4. The lowest BCUT2D eigenvalue weighted by Crippen LogP contribution is -2.51. The maximum Gasteiger partial charge on any atom is 0.311 e. The molecule has 17 nitrogen and oxygen atoms in total. The molecule has 5 N–H and O–H groups in total. The number of hydrogen-bond donors (Lipinski definition) is 5. The molecule has 59 heavy (non-hydrogen) atoms. The van der Waals surface area contributed by atoms with E-state index in [0.29, 0.717) is 0 Å². The van der Waals surface area contributed by atoms with Gasteiger partial charge in [-0.15, -0.1) is 0 Å². The van der Waals surface area contributed by atoms with Crippen LogP contribution in [0.5, 0.6) is 0 Å². The van der Waals surface area contributed by atoms with Gasteiger partial charge in [-0.1, -0.05) is 60.8 Å². The monoisotopic (exact) mass is 865 g/mol. The van der Waals surface area contributed by atoms with Crippen molar-refractivity contribution in [2.75, 3.05) is 52.6 Å². The summed E-state index contributed by atoms with van der Waals surface area (Å²) < 4.78 is 54.8. The van der Waals surface area contributed by atoms with Crippen LogP contribution in [-0.2, 0) is 57.8 Å². The van der Waals surface area contributed by atoms with Crippen LogP contribution >= 0.6 is 0 Å². The fraction of sp³-hybridized carbons (Fsp3) is 0.854. The first kappa shape index (κ1) is 55.7. The Morgan fingerprint density at radius 2 is 1.31 bits per heavy atom. The zero-order valence-electron chi connectivity index (χ0n) is 37.4. The van der Waals surface area contributed by atoms with Gasteiger partial charge >= 0.3 is 17.9 Å². The van der Waals surface area contributed by atoms with Gasteiger partial charge in [0.15, 0.2) is 0 Å². The van der Waals surface area contributed by atoms with Gasteiger partial charge in [0.2, 0.25) is 17.7 Å². The molecule has 0 saturated carbocycles. The zero-order chi connectivity index (χ0) is 45.6. The summed E-state index contributed by atoms with van der Waals surface area (Å²) in [6.07, 6.45) is 2.79. The molecule has 0 aromatic rings. The van der Waals surface area contributed by atoms with Crippen molar-refractivity contribution in [3.63, 3.8) is 0 Å². The molecular weight excluding hydrogens is 791 g/mol. The molecule has 0 aliphatic carbocycles. The molecule has 0 bridgehead atoms. The van der Waals surface area contributed by atoms with Gasteiger partial charge in [-0.05, 0) is 72.1 Å². The molecule has 6 unspecified atom stereocenters. The van der Waals surface area contributed by atoms with Crippen molar-refractivity contribution < 1.29 is 65.8 Å². The molecule has 0 heterocycles. The first-order valence-corrected chi connectivity index (χ1v) is 22.4. The summed E-state index contributed by atoms with van der Waals surface area (Å²) in [5.74, 6) is -7.45. The van der Waals surface area contributed by atoms with Gasteiger partial charge in [0.1, 0.15) is 13.2 Å². The third-order valence-electron chi connectivity index (χ3n) is 10.3. The highest BCUT2D eigenvalue weighted by molar-refractivity contribution is 7.85. The number of rotatable bonds is 31. The molecule has 0 aliphatic rings. The van der Waals surface area contributed by atoms with Crippen molar-refractivity contribution in [3.05, 3.63) is 0 Å². The van der Waals surface area contributed by atoms with E-state index in [1.807, 2.05) is 6.92 Å². The quantitative estimate of drug-likeness (QED) is 0.0218. The van der Waals surface area contributed by atoms with Gasteiger partial charge in [-0.25, -0.2) is 0 Å². The molecule has 0 fully saturated rings. The Labute approximate surface area is 352 Å². The average molecular weight is 866 g/mol. The van der Waals surface area contributed by atoms with Crippen LogP contribution in [0, 0.1) is 40.4 Å². The number of unbranched alkanes of at least 4 members (excludes halogenated alkanes) is 1. The minimum atomic E-state index is -4.47. The second-order valence-electron chi connectivity index (χ2n) is 17.2. The maximum atomic E-state index is 14.2. The molecular formula is C41H75N3O14S. The highest BCUT2D eigenvalue weighted by Gasteiger charge is 2.50. The number of amides is 3. The van der Waals surface area contributed by atoms with E-state index in [1.54, 1.807) is 27.7 Å². The number of hydrogen-bond acceptors (Lipinski definition) is 13. The lowest BCUT2D eigenvalue weighted by atomic mass is 9.65. The van der Waals surface area contributed by atoms with Gasteiger partial charge < -0.3 is 40.0 Å². The van der Waals surface area contributed by atoms with Crippen LogP contribution in [0.4, 0.5) is 0 Å². The van der Waals surface area contributed by atoms with E-state index in [0.717, 1.165) is 25.7 Å². The first-order chi connectivity index (χ1) is 27.3. The number of aliphatic hydroxyl groups excluding tert-OH is 1. The van der Waals surface area contributed by atoms with Crippen molar-refractivity contribution in [1.82, 2.24) is 16.0 Å². The summed E-state index contributed by atoms with van der Waals surface area (Å²) in [6.45, 7) is 15.6. The molecule has 0 aromatic carbocycles. The summed E-state index contributed by atoms with van der Waals surface area (Å²) in [7, 11) is -3.05. The van der Waals surface area contributed by atoms with E-state index >= 15 is 0 Å². The SMILES string of the molecule is CCCCC(CC)COC(=O)C(CC(C)C(=O)NCNC(=O)C(C)C)CC(C)(CC(C)(CC(CC)C(=O)NC(C)(C)CS(=O)(=O)O)C(=O)OCCO)C(=O)OCCOC. The van der Waals surface area contributed by atoms with Gasteiger partial charge in [-0.3, -0.25) is 33.3 Å². The predicted octanol–water partition coefficient (Wildman–Crippen LogP) is 3.95. The molecule has 0 radical (unpaired) electrons. The maximum absolute atomic E-state index is 14.2. The number of methoxy groups -OCH3 is 1. The van der Waals surface area contributed by atoms with Crippen molar-refractivity contribution in [2.24, 2.45) is 40.4 Å². The Hall–Kier alpha value is -3.35. The topological polar surface area (TPSA) is 250 Å². The average Bonchev–Trinajstić information content (AvgIpc) is 3.14. The molecule has 3 amide bonds. The molecule has 0 aromatic heterocycles. The molecule has 0 saturated heterocycles. The highest BCUT2D eigenvalue weighted by atomic mass is 32.2. The van der Waals surface area contributed by atoms with E-state index < -0.39 is 86.3 Å². The Morgan fingerprint density at radius 1 is 0.746 bits per heavy atom. The van der Waals surface area contributed by atoms with E-state index in [9.17, 15) is 46.8 Å². The van der Waals surface area contributed by atoms with Crippen molar-refractivity contribution in [2.45, 2.75) is 133 Å². The number of carbonyl (C=O) groups is 6. The van der Waals surface area contributed by atoms with Crippen LogP contribution in [0.15, 0.2) is 0 Å². The summed E-state index contributed by atoms with van der Waals surface area (Å²) >= 11 is 0. The Morgan fingerprint density at radius 3 is 1.80 bits per heavy atom. The van der Waals surface area contributed by atoms with Crippen LogP contribution in [0.2, 0.25) is 0 Å². The van der Waals surface area contributed by atoms with E-state index in [1.165, 1.54) is 34.8 Å². The first-order valence-electron chi connectivity index (χ1n) is 20.8. The smallest absolute Gasteiger partial charge is 0.311 e. The van der Waals surface area contributed by atoms with Gasteiger partial charge in [0, 0.05) is 24.9 Å². The minimum absolute atomic E-state index is 0.0429. The fourth-order valence-corrected chi connectivity index (χ4v) is 8.05. The van der Waals surface area contributed by atoms with Crippen LogP contribution in [-0.4, -0.2) is 112 Å². The Balaban J connectivity index is 7.14. The number of carbonyl (C=O) groups excluding carboxylic acids is 6. The van der Waals surface area contributed by atoms with Crippen molar-refractivity contribution in [3.8, 4) is 0 Å². The van der Waals surface area contributed by atoms with Crippen molar-refractivity contribution >= 4 is 45.7 Å². The third kappa shape index (κ3) is 21.6. The molecule has 0 spiro atoms. The summed E-state index contributed by atoms with van der Waals surface area (Å²) in [5.41, 5.74) is -4.69. The largest absolute Gasteiger partial charge is 0.465 e. The second kappa shape index (κ2) is 26.8. The summed E-state index contributed by atoms with van der Waals surface area (Å²) in [4.78, 5) is 81.3. The molecule has 18 heteroatoms. The van der Waals surface area contributed by atoms with Gasteiger partial charge in [0.25, 0.3) is 10.1 Å². The normalized spacial score (nSPS) is 16.0. The lowest BCUT2D eigenvalue weighted by molar-refractivity contribution is -0.168. The Kier molecular flexibility index (Phi) is 25.3. The predicted molar refractivity (Wildman–Crippen MR) is 221 cm³/mol. The number of nitrogens with one attached hydrogen (secondary N) is 3. The number of ether oxygens (including phenoxy) is 4. The van der Waals surface area contributed by atoms with Crippen LogP contribution < -0.4 is 16.0 Å². The standard InChI is InChI=1S/C41H75N3O14S/c1-12-15-16-30(13-2)24-58-36(49)32(21-29(6)34(47)43-27-42-33(46)28(4)5)23-41(10,38(51)57-20-19-55-11)25-40(9,37(50)56-18-17-45)22-31(14-3)35(48)44-39(7,8)26-59(52,53)54/h28-32,45H,12-27H2,1-11H3,(H,42,46)(H,43,47)(H,44,48)(H,52,53,54). The molecule has 6 atom stereocenters. The van der Waals surface area contributed by atoms with E-state index in [2.05, 4.69) is 22.9 Å². The summed E-state index contributed by atoms with van der Waals surface area (Å²) in [5, 5.41) is 17.4. The number of esters is 3. The zero-order valence-corrected chi connectivity index (χ0v) is 38.2.